The molecule has 0 fully saturated rings. The molecule has 0 spiro atoms. The lowest BCUT2D eigenvalue weighted by Gasteiger charge is -2.18. The van der Waals surface area contributed by atoms with Crippen molar-refractivity contribution in [3.63, 3.8) is 0 Å². The maximum absolute atomic E-state index is 13.1. The summed E-state index contributed by atoms with van der Waals surface area (Å²) in [6.07, 6.45) is 1.02. The maximum atomic E-state index is 13.1. The van der Waals surface area contributed by atoms with Crippen molar-refractivity contribution in [3.8, 4) is 5.75 Å². The normalized spacial score (nSPS) is 11.8. The molecule has 0 aliphatic heterocycles. The number of amides is 2. The van der Waals surface area contributed by atoms with Gasteiger partial charge in [0.25, 0.3) is 23.1 Å². The SMILES string of the molecule is O=C(N[C@@H](C(=O)N/N=C/c1cc([N+](=O)[O-])ccc1O)c1n[nH]c(=O)c2ccccc12)c1ccccc1. The Bertz CT molecular complexity index is 1550. The van der Waals surface area contributed by atoms with E-state index in [9.17, 15) is 29.6 Å². The molecule has 0 saturated heterocycles. The van der Waals surface area contributed by atoms with E-state index >= 15 is 0 Å². The third kappa shape index (κ3) is 5.07. The zero-order valence-corrected chi connectivity index (χ0v) is 18.4. The number of aromatic amines is 1. The summed E-state index contributed by atoms with van der Waals surface area (Å²) in [6, 6.07) is 16.6. The van der Waals surface area contributed by atoms with Gasteiger partial charge < -0.3 is 10.4 Å². The molecule has 0 saturated carbocycles. The Morgan fingerprint density at radius 1 is 1.06 bits per heavy atom. The highest BCUT2D eigenvalue weighted by atomic mass is 16.6. The monoisotopic (exact) mass is 486 g/mol. The third-order valence-corrected chi connectivity index (χ3v) is 5.17. The topological polar surface area (TPSA) is 180 Å². The summed E-state index contributed by atoms with van der Waals surface area (Å²) >= 11 is 0. The molecule has 1 aromatic heterocycles. The van der Waals surface area contributed by atoms with Gasteiger partial charge in [-0.3, -0.25) is 24.5 Å². The summed E-state index contributed by atoms with van der Waals surface area (Å²) in [5, 5.41) is 34.2. The van der Waals surface area contributed by atoms with E-state index in [0.29, 0.717) is 5.39 Å². The summed E-state index contributed by atoms with van der Waals surface area (Å²) in [7, 11) is 0. The van der Waals surface area contributed by atoms with Crippen molar-refractivity contribution < 1.29 is 19.6 Å². The minimum atomic E-state index is -1.38. The number of hydrogen-bond acceptors (Lipinski definition) is 8. The van der Waals surface area contributed by atoms with Gasteiger partial charge in [-0.25, -0.2) is 10.5 Å². The Labute approximate surface area is 202 Å². The molecular weight excluding hydrogens is 468 g/mol. The van der Waals surface area contributed by atoms with Crippen molar-refractivity contribution in [3.05, 3.63) is 110 Å². The second kappa shape index (κ2) is 10.3. The fourth-order valence-electron chi connectivity index (χ4n) is 3.41. The molecule has 0 aliphatic rings. The lowest BCUT2D eigenvalue weighted by atomic mass is 10.0. The number of aromatic hydroxyl groups is 1. The third-order valence-electron chi connectivity index (χ3n) is 5.17. The van der Waals surface area contributed by atoms with Crippen molar-refractivity contribution in [1.29, 1.82) is 0 Å². The van der Waals surface area contributed by atoms with Crippen LogP contribution in [0.15, 0.2) is 82.7 Å². The molecular formula is C24H18N6O6. The Balaban J connectivity index is 1.67. The minimum Gasteiger partial charge on any atom is -0.507 e. The van der Waals surface area contributed by atoms with E-state index in [-0.39, 0.29) is 33.6 Å². The van der Waals surface area contributed by atoms with Crippen LogP contribution >= 0.6 is 0 Å². The molecule has 4 rings (SSSR count). The van der Waals surface area contributed by atoms with E-state index < -0.39 is 28.3 Å². The van der Waals surface area contributed by atoms with Gasteiger partial charge in [-0.1, -0.05) is 36.4 Å². The lowest BCUT2D eigenvalue weighted by molar-refractivity contribution is -0.384. The van der Waals surface area contributed by atoms with Crippen LogP contribution in [0, 0.1) is 10.1 Å². The van der Waals surface area contributed by atoms with Crippen LogP contribution in [0.25, 0.3) is 10.8 Å². The van der Waals surface area contributed by atoms with Crippen LogP contribution in [0.2, 0.25) is 0 Å². The average Bonchev–Trinajstić information content (AvgIpc) is 2.89. The number of rotatable bonds is 7. The highest BCUT2D eigenvalue weighted by molar-refractivity contribution is 5.99. The van der Waals surface area contributed by atoms with Gasteiger partial charge in [0.05, 0.1) is 16.5 Å². The molecule has 1 atom stereocenters. The van der Waals surface area contributed by atoms with Gasteiger partial charge in [-0.2, -0.15) is 10.2 Å². The van der Waals surface area contributed by atoms with Crippen LogP contribution in [-0.2, 0) is 4.79 Å². The summed E-state index contributed by atoms with van der Waals surface area (Å²) in [6.45, 7) is 0. The number of carbonyl (C=O) groups is 2. The standard InChI is InChI=1S/C24H18N6O6/c31-19-11-10-16(30(35)36)12-15(19)13-25-28-24(34)21(26-22(32)14-6-2-1-3-7-14)20-17-8-4-5-9-18(17)23(33)29-27-20/h1-13,21,31H,(H,26,32)(H,28,34)(H,29,33)/b25-13+/t21-/m1/s1. The predicted octanol–water partition coefficient (Wildman–Crippen LogP) is 2.16. The molecule has 4 aromatic rings. The number of H-pyrrole nitrogens is 1. The molecule has 0 unspecified atom stereocenters. The molecule has 12 nitrogen and oxygen atoms in total. The second-order valence-corrected chi connectivity index (χ2v) is 7.49. The first-order chi connectivity index (χ1) is 17.3. The molecule has 1 heterocycles. The first kappa shape index (κ1) is 23.8. The minimum absolute atomic E-state index is 0.0120. The summed E-state index contributed by atoms with van der Waals surface area (Å²) in [5.74, 6) is -1.68. The van der Waals surface area contributed by atoms with Gasteiger partial charge in [0.2, 0.25) is 0 Å². The van der Waals surface area contributed by atoms with E-state index in [1.165, 1.54) is 0 Å². The van der Waals surface area contributed by atoms with Crippen molar-refractivity contribution >= 4 is 34.5 Å². The Morgan fingerprint density at radius 2 is 1.75 bits per heavy atom. The summed E-state index contributed by atoms with van der Waals surface area (Å²) < 4.78 is 0. The van der Waals surface area contributed by atoms with Crippen molar-refractivity contribution in [2.75, 3.05) is 0 Å². The predicted molar refractivity (Wildman–Crippen MR) is 130 cm³/mol. The molecule has 180 valence electrons. The molecule has 3 aromatic carbocycles. The number of hydrogen-bond donors (Lipinski definition) is 4. The first-order valence-electron chi connectivity index (χ1n) is 10.5. The molecule has 0 bridgehead atoms. The number of aromatic nitrogens is 2. The van der Waals surface area contributed by atoms with E-state index in [4.69, 9.17) is 0 Å². The highest BCUT2D eigenvalue weighted by Crippen LogP contribution is 2.22. The van der Waals surface area contributed by atoms with Gasteiger partial charge in [-0.05, 0) is 24.3 Å². The van der Waals surface area contributed by atoms with Crippen LogP contribution in [0.1, 0.15) is 27.7 Å². The van der Waals surface area contributed by atoms with Gasteiger partial charge >= 0.3 is 0 Å². The van der Waals surface area contributed by atoms with Gasteiger partial charge in [-0.15, -0.1) is 0 Å². The largest absolute Gasteiger partial charge is 0.507 e. The number of nitro benzene ring substituents is 1. The first-order valence-corrected chi connectivity index (χ1v) is 10.5. The summed E-state index contributed by atoms with van der Waals surface area (Å²) in [5.41, 5.74) is 1.84. The van der Waals surface area contributed by atoms with Crippen LogP contribution in [0.3, 0.4) is 0 Å². The molecule has 12 heteroatoms. The summed E-state index contributed by atoms with van der Waals surface area (Å²) in [4.78, 5) is 48.5. The maximum Gasteiger partial charge on any atom is 0.272 e. The number of carbonyl (C=O) groups excluding carboxylic acids is 2. The number of non-ortho nitro benzene ring substituents is 1. The lowest BCUT2D eigenvalue weighted by Crippen LogP contribution is -2.40. The van der Waals surface area contributed by atoms with Gasteiger partial charge in [0.1, 0.15) is 11.4 Å². The zero-order chi connectivity index (χ0) is 25.7. The Kier molecular flexibility index (Phi) is 6.77. The number of hydrazone groups is 1. The molecule has 0 aliphatic carbocycles. The number of nitrogens with one attached hydrogen (secondary N) is 3. The smallest absolute Gasteiger partial charge is 0.272 e. The van der Waals surface area contributed by atoms with Crippen molar-refractivity contribution in [2.24, 2.45) is 5.10 Å². The Morgan fingerprint density at radius 3 is 2.47 bits per heavy atom. The van der Waals surface area contributed by atoms with E-state index in [1.807, 2.05) is 0 Å². The molecule has 2 amide bonds. The number of phenolic OH excluding ortho intramolecular Hbond substituents is 1. The van der Waals surface area contributed by atoms with Gasteiger partial charge in [0.15, 0.2) is 6.04 Å². The zero-order valence-electron chi connectivity index (χ0n) is 18.4. The number of nitro groups is 1. The molecule has 4 N–H and O–H groups in total. The van der Waals surface area contributed by atoms with Gasteiger partial charge in [0, 0.05) is 28.6 Å². The average molecular weight is 486 g/mol. The highest BCUT2D eigenvalue weighted by Gasteiger charge is 2.27. The van der Waals surface area contributed by atoms with E-state index in [1.54, 1.807) is 54.6 Å². The quantitative estimate of drug-likeness (QED) is 0.175. The van der Waals surface area contributed by atoms with Crippen LogP contribution in [0.4, 0.5) is 5.69 Å². The van der Waals surface area contributed by atoms with Crippen molar-refractivity contribution in [2.45, 2.75) is 6.04 Å². The second-order valence-electron chi connectivity index (χ2n) is 7.49. The molecule has 0 radical (unpaired) electrons. The fraction of sp³-hybridized carbons (Fsp3) is 0.0417. The van der Waals surface area contributed by atoms with Crippen LogP contribution in [0.5, 0.6) is 5.75 Å². The molecule has 36 heavy (non-hydrogen) atoms. The van der Waals surface area contributed by atoms with Crippen LogP contribution in [-0.4, -0.2) is 38.3 Å². The fourth-order valence-corrected chi connectivity index (χ4v) is 3.41. The number of fused-ring (bicyclic) bond motifs is 1. The van der Waals surface area contributed by atoms with E-state index in [0.717, 1.165) is 24.4 Å². The Hall–Kier alpha value is -5.39. The number of phenols is 1. The number of benzene rings is 3. The number of nitrogens with zero attached hydrogens (tertiary/aromatic N) is 3. The van der Waals surface area contributed by atoms with Crippen LogP contribution < -0.4 is 16.3 Å². The van der Waals surface area contributed by atoms with E-state index in [2.05, 4.69) is 26.0 Å². The van der Waals surface area contributed by atoms with Crippen molar-refractivity contribution in [1.82, 2.24) is 20.9 Å².